The van der Waals surface area contributed by atoms with E-state index in [0.29, 0.717) is 125 Å². The van der Waals surface area contributed by atoms with E-state index in [4.69, 9.17) is 95.4 Å². The number of aliphatic hydroxyl groups excluding tert-OH is 2. The number of nitrogens with one attached hydrogen (secondary N) is 5. The molecule has 0 unspecified atom stereocenters. The Balaban J connectivity index is 0.000000531. The van der Waals surface area contributed by atoms with Gasteiger partial charge in [-0.2, -0.15) is 10.5 Å². The van der Waals surface area contributed by atoms with Gasteiger partial charge in [0.25, 0.3) is 6.47 Å². The number of carboxylic acids is 2. The Hall–Kier alpha value is -10.6. The smallest absolute Gasteiger partial charge is 0.410 e. The molecule has 11 N–H and O–H groups in total. The van der Waals surface area contributed by atoms with E-state index in [2.05, 4.69) is 65.7 Å². The zero-order valence-electron chi connectivity index (χ0n) is 85.6. The molecule has 42 heteroatoms. The molecule has 2 saturated carbocycles. The number of rotatable bonds is 54. The SMILES string of the molecule is C=CC#N.C[C@@H](C(=O)N[C@H](C(=O)N1C[C@@H](N)C[C@H]1C(=O)N[C@@H]1CCCc2ccccc21)C1CCCCC1)N(C)C(=O)OC(C)(C)C.C[C@@H](C(=O)N[C@H](C(=O)N1C[C@@H](NC(=O)CCOCCOCCOCCOC=O)C[C@H]1C(=O)N[C@@H]1CCCc2ccccc21)C1CCCCC1)N(C)C(=O)OC(C)(C)C.O=C(O)CCOCCOCCOCCC(=O)O.OCCOCCO.[C-]#[N+]CCOCCOCCOCCC#N. The number of carbonyl (C=O) groups is 12. The Morgan fingerprint density at radius 3 is 1.25 bits per heavy atom. The van der Waals surface area contributed by atoms with E-state index in [-0.39, 0.29) is 151 Å². The second-order valence-electron chi connectivity index (χ2n) is 36.8. The number of hydrogen-bond donors (Lipinski definition) is 10. The summed E-state index contributed by atoms with van der Waals surface area (Å²) in [6, 6.07) is 13.7. The van der Waals surface area contributed by atoms with E-state index in [9.17, 15) is 57.5 Å². The molecule has 9 amide bonds. The van der Waals surface area contributed by atoms with Gasteiger partial charge in [-0.1, -0.05) is 93.6 Å². The maximum atomic E-state index is 14.8. The van der Waals surface area contributed by atoms with Gasteiger partial charge in [0.15, 0.2) is 0 Å². The van der Waals surface area contributed by atoms with Crippen molar-refractivity contribution < 1.29 is 140 Å². The van der Waals surface area contributed by atoms with Crippen LogP contribution in [-0.4, -0.2) is 357 Å². The van der Waals surface area contributed by atoms with E-state index < -0.39 is 89.4 Å². The molecule has 2 aromatic rings. The number of hydrogen-bond acceptors (Lipinski definition) is 30. The van der Waals surface area contributed by atoms with Crippen LogP contribution in [0.5, 0.6) is 0 Å². The largest absolute Gasteiger partial charge is 0.481 e. The molecule has 804 valence electrons. The van der Waals surface area contributed by atoms with Gasteiger partial charge in [-0.25, -0.2) is 16.2 Å². The van der Waals surface area contributed by atoms with Gasteiger partial charge < -0.3 is 129 Å². The lowest BCUT2D eigenvalue weighted by molar-refractivity contribution is -0.143. The third kappa shape index (κ3) is 53.7. The third-order valence-corrected chi connectivity index (χ3v) is 23.5. The van der Waals surface area contributed by atoms with Crippen LogP contribution >= 0.6 is 0 Å². The Bertz CT molecular complexity index is 4140. The molecule has 6 aliphatic rings. The predicted octanol–water partition coefficient (Wildman–Crippen LogP) is 7.17. The van der Waals surface area contributed by atoms with E-state index in [1.54, 1.807) is 66.4 Å². The molecule has 0 spiro atoms. The fraction of sp³-hybridized carbons (Fsp3) is 0.713. The van der Waals surface area contributed by atoms with Crippen LogP contribution in [0, 0.1) is 41.1 Å². The minimum atomic E-state index is -0.937. The lowest BCUT2D eigenvalue weighted by Crippen LogP contribution is -2.59. The van der Waals surface area contributed by atoms with Gasteiger partial charge in [0.2, 0.25) is 47.9 Å². The molecule has 2 heterocycles. The second-order valence-corrected chi connectivity index (χ2v) is 36.8. The number of amides is 9. The second kappa shape index (κ2) is 74.3. The van der Waals surface area contributed by atoms with Gasteiger partial charge in [0.1, 0.15) is 60.7 Å². The number of nitrogens with zero attached hydrogens (tertiary/aromatic N) is 7. The summed E-state index contributed by atoms with van der Waals surface area (Å²) in [6.07, 6.45) is 15.3. The van der Waals surface area contributed by atoms with E-state index in [1.165, 1.54) is 46.0 Å². The number of carboxylic acid groups (broad SMARTS) is 2. The summed E-state index contributed by atoms with van der Waals surface area (Å²) < 4.78 is 66.8. The molecular weight excluding hydrogens is 1860 g/mol. The quantitative estimate of drug-likeness (QED) is 0.0103. The number of nitriles is 2. The third-order valence-electron chi connectivity index (χ3n) is 23.5. The number of likely N-dealkylation sites (tertiary alicyclic amines) is 2. The molecule has 42 nitrogen and oxygen atoms in total. The molecule has 2 aliphatic heterocycles. The summed E-state index contributed by atoms with van der Waals surface area (Å²) in [5.41, 5.74) is 9.51. The Kier molecular flexibility index (Phi) is 65.7. The zero-order valence-corrected chi connectivity index (χ0v) is 85.6. The van der Waals surface area contributed by atoms with Crippen molar-refractivity contribution in [2.75, 3.05) is 186 Å². The number of allylic oxidation sites excluding steroid dienone is 1. The average Bonchev–Trinajstić information content (AvgIpc) is 1.67. The fourth-order valence-electron chi connectivity index (χ4n) is 16.1. The standard InChI is InChI=1S/C42H65N5O11.C32H49N5O5.C10H16N2O3.C10H18O7.C4H10O3.C3H3N/c1-29(46(5)41(53)58-42(2,3)4)38(50)45-37(31-13-7-6-8-14-31)40(52)47-27-32(43-36(49)18-19-54-20-21-55-22-23-56-24-25-57-28-48)26-35(47)39(51)44-34-17-11-15-30-12-9-10-16-33(30)34;1-20(36(5)31(41)42-32(2,3)4)28(38)35-27(22-13-7-6-8-14-22)30(40)37-19-23(33)18-26(37)29(39)34-25-17-11-15-21-12-9-10-16-24(21)25;1-12-4-6-14-8-10-15-9-7-13-5-2-3-11;11-9(12)1-3-15-5-7-17-8-6-16-4-2-10(13)14;5-1-3-7-4-2-6;1-2-3-4/h9-10,12,16,28-29,31-32,34-35,37H,6-8,11,13-15,17-27H2,1-5H3,(H,43,49)(H,44,51)(H,45,50);9-10,12,16,20,22-23,25-27H,6-8,11,13-15,17-19,33H2,1-5H3,(H,34,39)(H,35,38);2,4-10H2;1-8H2,(H,11,12)(H,13,14);5-6H,1-4H2;2H,1H2/t29-,32-,34+,35-,37-;20-,23-,25+,26-,27-;;;;/m00..../s1. The number of aliphatic hydroxyl groups is 2. The Morgan fingerprint density at radius 2 is 0.874 bits per heavy atom. The van der Waals surface area contributed by atoms with Crippen molar-refractivity contribution in [1.82, 2.24) is 46.2 Å². The van der Waals surface area contributed by atoms with E-state index in [1.807, 2.05) is 36.4 Å². The summed E-state index contributed by atoms with van der Waals surface area (Å²) in [6.45, 7) is 31.8. The molecule has 2 aromatic carbocycles. The highest BCUT2D eigenvalue weighted by Crippen LogP contribution is 2.36. The van der Waals surface area contributed by atoms with Crippen molar-refractivity contribution in [3.63, 3.8) is 0 Å². The molecule has 4 fully saturated rings. The summed E-state index contributed by atoms with van der Waals surface area (Å²) in [4.78, 5) is 162. The van der Waals surface area contributed by atoms with Gasteiger partial charge in [0, 0.05) is 51.8 Å². The minimum Gasteiger partial charge on any atom is -0.481 e. The number of likely N-dealkylation sites (N-methyl/N-ethyl adjacent to an activating group) is 2. The maximum Gasteiger partial charge on any atom is 0.410 e. The molecule has 4 aliphatic carbocycles. The van der Waals surface area contributed by atoms with Crippen molar-refractivity contribution in [2.45, 2.75) is 268 Å². The van der Waals surface area contributed by atoms with Gasteiger partial charge in [0.05, 0.1) is 182 Å². The molecule has 0 aromatic heterocycles. The summed E-state index contributed by atoms with van der Waals surface area (Å²) >= 11 is 0. The van der Waals surface area contributed by atoms with Crippen molar-refractivity contribution in [1.29, 1.82) is 10.5 Å². The molecule has 0 radical (unpaired) electrons. The number of fused-ring (bicyclic) bond motifs is 2. The van der Waals surface area contributed by atoms with Crippen LogP contribution in [0.15, 0.2) is 61.2 Å². The number of aryl methyl sites for hydroxylation is 2. The predicted molar refractivity (Wildman–Crippen MR) is 526 cm³/mol. The van der Waals surface area contributed by atoms with Crippen molar-refractivity contribution in [2.24, 2.45) is 17.6 Å². The van der Waals surface area contributed by atoms with Crippen LogP contribution < -0.4 is 32.3 Å². The topological polar surface area (TPSA) is 557 Å². The van der Waals surface area contributed by atoms with Crippen molar-refractivity contribution >= 4 is 71.9 Å². The average molecular weight is 2020 g/mol. The first-order valence-corrected chi connectivity index (χ1v) is 49.6. The number of carbonyl (C=O) groups excluding carboxylic acids is 10. The highest BCUT2D eigenvalue weighted by atomic mass is 16.6. The monoisotopic (exact) mass is 2020 g/mol. The first kappa shape index (κ1) is 127. The normalized spacial score (nSPS) is 18.3. The number of ether oxygens (including phenoxy) is 13. The Morgan fingerprint density at radius 1 is 0.510 bits per heavy atom. The van der Waals surface area contributed by atoms with Crippen molar-refractivity contribution in [3.8, 4) is 12.1 Å². The molecule has 10 atom stereocenters. The van der Waals surface area contributed by atoms with Crippen LogP contribution in [0.3, 0.4) is 0 Å². The molecular formula is C101H161N13O29. The van der Waals surface area contributed by atoms with Gasteiger partial charge in [-0.15, -0.1) is 0 Å². The highest BCUT2D eigenvalue weighted by molar-refractivity contribution is 5.96. The van der Waals surface area contributed by atoms with Gasteiger partial charge in [-0.3, -0.25) is 57.7 Å². The van der Waals surface area contributed by atoms with Gasteiger partial charge >= 0.3 is 24.1 Å². The summed E-state index contributed by atoms with van der Waals surface area (Å²) in [7, 11) is 3.00. The van der Waals surface area contributed by atoms with E-state index >= 15 is 0 Å². The first-order chi connectivity index (χ1) is 68.5. The van der Waals surface area contributed by atoms with Gasteiger partial charge in [-0.05, 0) is 167 Å². The summed E-state index contributed by atoms with van der Waals surface area (Å²) in [5, 5.41) is 63.9. The number of aliphatic carboxylic acids is 2. The molecule has 2 saturated heterocycles. The van der Waals surface area contributed by atoms with Crippen LogP contribution in [0.4, 0.5) is 9.59 Å². The van der Waals surface area contributed by atoms with Crippen LogP contribution in [-0.2, 0) is 122 Å². The van der Waals surface area contributed by atoms with Crippen LogP contribution in [0.1, 0.15) is 218 Å². The Labute approximate surface area is 842 Å². The number of nitrogens with two attached hydrogens (primary N) is 1. The molecule has 0 bridgehead atoms. The zero-order chi connectivity index (χ0) is 106. The van der Waals surface area contributed by atoms with E-state index in [0.717, 1.165) is 114 Å². The fourth-order valence-corrected chi connectivity index (χ4v) is 16.1. The highest BCUT2D eigenvalue weighted by Gasteiger charge is 2.48. The van der Waals surface area contributed by atoms with Crippen LogP contribution in [0.25, 0.3) is 4.85 Å². The lowest BCUT2D eigenvalue weighted by atomic mass is 9.83. The number of benzene rings is 2. The maximum absolute atomic E-state index is 14.8. The lowest BCUT2D eigenvalue weighted by Gasteiger charge is -2.36. The van der Waals surface area contributed by atoms with Crippen LogP contribution in [0.2, 0.25) is 0 Å². The summed E-state index contributed by atoms with van der Waals surface area (Å²) in [5.74, 6) is -4.37. The first-order valence-electron chi connectivity index (χ1n) is 49.6. The minimum absolute atomic E-state index is 0.0156. The van der Waals surface area contributed by atoms with Crippen molar-refractivity contribution in [3.05, 3.63) is 94.9 Å². The molecule has 143 heavy (non-hydrogen) atoms. The molecule has 8 rings (SSSR count).